The van der Waals surface area contributed by atoms with Gasteiger partial charge in [-0.1, -0.05) is 19.9 Å². The van der Waals surface area contributed by atoms with Gasteiger partial charge in [0.05, 0.1) is 11.6 Å². The predicted octanol–water partition coefficient (Wildman–Crippen LogP) is 1.81. The van der Waals surface area contributed by atoms with Crippen molar-refractivity contribution in [1.82, 2.24) is 5.32 Å². The molecule has 0 aliphatic rings. The first-order valence-corrected chi connectivity index (χ1v) is 6.14. The summed E-state index contributed by atoms with van der Waals surface area (Å²) in [6.45, 7) is 3.44. The quantitative estimate of drug-likeness (QED) is 0.876. The number of aliphatic carboxylic acids is 1. The molecule has 1 aromatic rings. The fraction of sp³-hybridized carbons (Fsp3) is 0.357. The van der Waals surface area contributed by atoms with Crippen LogP contribution in [0.5, 0.6) is 0 Å². The maximum Gasteiger partial charge on any atom is 0.326 e. The van der Waals surface area contributed by atoms with Crippen LogP contribution in [0, 0.1) is 17.2 Å². The van der Waals surface area contributed by atoms with Crippen molar-refractivity contribution in [1.29, 1.82) is 5.26 Å². The predicted molar refractivity (Wildman–Crippen MR) is 74.4 cm³/mol. The van der Waals surface area contributed by atoms with Gasteiger partial charge in [0.2, 0.25) is 0 Å². The van der Waals surface area contributed by atoms with Gasteiger partial charge >= 0.3 is 12.0 Å². The second-order valence-corrected chi connectivity index (χ2v) is 4.73. The van der Waals surface area contributed by atoms with Crippen LogP contribution in [-0.4, -0.2) is 30.2 Å². The van der Waals surface area contributed by atoms with Gasteiger partial charge in [-0.25, -0.2) is 9.59 Å². The molecule has 0 bridgehead atoms. The number of nitrogens with zero attached hydrogens (tertiary/aromatic N) is 2. The van der Waals surface area contributed by atoms with Crippen LogP contribution in [0.1, 0.15) is 19.4 Å². The van der Waals surface area contributed by atoms with E-state index in [4.69, 9.17) is 10.4 Å². The molecule has 1 atom stereocenters. The number of rotatable bonds is 4. The molecule has 0 fully saturated rings. The Morgan fingerprint density at radius 3 is 2.55 bits per heavy atom. The molecule has 0 heterocycles. The molecular weight excluding hydrogens is 258 g/mol. The second-order valence-electron chi connectivity index (χ2n) is 4.73. The maximum atomic E-state index is 12.0. The average molecular weight is 275 g/mol. The maximum absolute atomic E-state index is 12.0. The van der Waals surface area contributed by atoms with Gasteiger partial charge in [-0.3, -0.25) is 4.90 Å². The van der Waals surface area contributed by atoms with E-state index < -0.39 is 18.0 Å². The SMILES string of the molecule is CC(C)C(NC(=O)N(C)c1cccc(C#N)c1)C(=O)O. The molecule has 1 aromatic carbocycles. The van der Waals surface area contributed by atoms with Gasteiger partial charge < -0.3 is 10.4 Å². The average Bonchev–Trinajstić information content (AvgIpc) is 2.42. The molecule has 1 unspecified atom stereocenters. The summed E-state index contributed by atoms with van der Waals surface area (Å²) in [5.41, 5.74) is 0.954. The zero-order valence-electron chi connectivity index (χ0n) is 11.6. The van der Waals surface area contributed by atoms with Gasteiger partial charge in [0.1, 0.15) is 6.04 Å². The van der Waals surface area contributed by atoms with E-state index in [0.29, 0.717) is 11.3 Å². The van der Waals surface area contributed by atoms with Crippen LogP contribution >= 0.6 is 0 Å². The monoisotopic (exact) mass is 275 g/mol. The zero-order chi connectivity index (χ0) is 15.3. The van der Waals surface area contributed by atoms with Crippen molar-refractivity contribution < 1.29 is 14.7 Å². The molecule has 20 heavy (non-hydrogen) atoms. The van der Waals surface area contributed by atoms with Crippen LogP contribution in [0.4, 0.5) is 10.5 Å². The highest BCUT2D eigenvalue weighted by Crippen LogP contribution is 2.15. The standard InChI is InChI=1S/C14H17N3O3/c1-9(2)12(13(18)19)16-14(20)17(3)11-6-4-5-10(7-11)8-15/h4-7,9,12H,1-3H3,(H,16,20)(H,18,19). The number of carboxylic acids is 1. The van der Waals surface area contributed by atoms with Crippen LogP contribution in [0.3, 0.4) is 0 Å². The van der Waals surface area contributed by atoms with E-state index in [1.807, 2.05) is 6.07 Å². The van der Waals surface area contributed by atoms with Crippen molar-refractivity contribution in [2.75, 3.05) is 11.9 Å². The number of hydrogen-bond donors (Lipinski definition) is 2. The minimum absolute atomic E-state index is 0.227. The number of urea groups is 1. The first kappa shape index (κ1) is 15.5. The second kappa shape index (κ2) is 6.57. The Labute approximate surface area is 117 Å². The van der Waals surface area contributed by atoms with Crippen molar-refractivity contribution in [3.05, 3.63) is 29.8 Å². The van der Waals surface area contributed by atoms with E-state index in [1.54, 1.807) is 38.1 Å². The number of hydrogen-bond acceptors (Lipinski definition) is 3. The van der Waals surface area contributed by atoms with Gasteiger partial charge in [0, 0.05) is 12.7 Å². The van der Waals surface area contributed by atoms with E-state index in [9.17, 15) is 9.59 Å². The minimum atomic E-state index is -1.08. The number of anilines is 1. The Bertz CT molecular complexity index is 549. The van der Waals surface area contributed by atoms with E-state index in [-0.39, 0.29) is 5.92 Å². The van der Waals surface area contributed by atoms with Gasteiger partial charge in [-0.15, -0.1) is 0 Å². The van der Waals surface area contributed by atoms with Crippen molar-refractivity contribution in [3.63, 3.8) is 0 Å². The van der Waals surface area contributed by atoms with E-state index in [1.165, 1.54) is 11.9 Å². The first-order valence-electron chi connectivity index (χ1n) is 6.14. The molecular formula is C14H17N3O3. The molecule has 0 spiro atoms. The minimum Gasteiger partial charge on any atom is -0.480 e. The molecule has 6 nitrogen and oxygen atoms in total. The van der Waals surface area contributed by atoms with Crippen molar-refractivity contribution in [2.24, 2.45) is 5.92 Å². The summed E-state index contributed by atoms with van der Waals surface area (Å²) in [5, 5.41) is 20.3. The highest BCUT2D eigenvalue weighted by atomic mass is 16.4. The lowest BCUT2D eigenvalue weighted by Crippen LogP contribution is -2.49. The summed E-state index contributed by atoms with van der Waals surface area (Å²) in [7, 11) is 1.52. The number of carbonyl (C=O) groups is 2. The van der Waals surface area contributed by atoms with Gasteiger partial charge in [-0.05, 0) is 24.1 Å². The molecule has 106 valence electrons. The van der Waals surface area contributed by atoms with Crippen LogP contribution in [0.15, 0.2) is 24.3 Å². The highest BCUT2D eigenvalue weighted by Gasteiger charge is 2.25. The third kappa shape index (κ3) is 3.72. The van der Waals surface area contributed by atoms with Crippen molar-refractivity contribution >= 4 is 17.7 Å². The van der Waals surface area contributed by atoms with Gasteiger partial charge in [0.25, 0.3) is 0 Å². The molecule has 0 aliphatic carbocycles. The molecule has 0 radical (unpaired) electrons. The van der Waals surface area contributed by atoms with E-state index in [0.717, 1.165) is 0 Å². The van der Waals surface area contributed by atoms with E-state index >= 15 is 0 Å². The summed E-state index contributed by atoms with van der Waals surface area (Å²) in [6, 6.07) is 7.03. The number of benzene rings is 1. The summed E-state index contributed by atoms with van der Waals surface area (Å²) < 4.78 is 0. The fourth-order valence-electron chi connectivity index (χ4n) is 1.64. The van der Waals surface area contributed by atoms with E-state index in [2.05, 4.69) is 5.32 Å². The molecule has 0 aromatic heterocycles. The lowest BCUT2D eigenvalue weighted by Gasteiger charge is -2.23. The first-order chi connectivity index (χ1) is 9.36. The number of nitrogens with one attached hydrogen (secondary N) is 1. The summed E-state index contributed by atoms with van der Waals surface area (Å²) in [6.07, 6.45) is 0. The normalized spacial score (nSPS) is 11.6. The lowest BCUT2D eigenvalue weighted by atomic mass is 10.1. The molecule has 0 saturated heterocycles. The van der Waals surface area contributed by atoms with Crippen LogP contribution < -0.4 is 10.2 Å². The Hall–Kier alpha value is -2.55. The van der Waals surface area contributed by atoms with Crippen molar-refractivity contribution in [2.45, 2.75) is 19.9 Å². The summed E-state index contributed by atoms with van der Waals surface area (Å²) in [5.74, 6) is -1.30. The third-order valence-corrected chi connectivity index (χ3v) is 2.88. The smallest absolute Gasteiger partial charge is 0.326 e. The zero-order valence-corrected chi connectivity index (χ0v) is 11.6. The largest absolute Gasteiger partial charge is 0.480 e. The molecule has 2 amide bonds. The number of carboxylic acid groups (broad SMARTS) is 1. The molecule has 0 aliphatic heterocycles. The Morgan fingerprint density at radius 1 is 1.40 bits per heavy atom. The number of carbonyl (C=O) groups excluding carboxylic acids is 1. The Morgan fingerprint density at radius 2 is 2.05 bits per heavy atom. The molecule has 2 N–H and O–H groups in total. The van der Waals surface area contributed by atoms with Crippen molar-refractivity contribution in [3.8, 4) is 6.07 Å². The summed E-state index contributed by atoms with van der Waals surface area (Å²) in [4.78, 5) is 24.4. The fourth-order valence-corrected chi connectivity index (χ4v) is 1.64. The Balaban J connectivity index is 2.86. The van der Waals surface area contributed by atoms with Crippen LogP contribution in [0.25, 0.3) is 0 Å². The van der Waals surface area contributed by atoms with Crippen LogP contribution in [0.2, 0.25) is 0 Å². The Kier molecular flexibility index (Phi) is 5.09. The molecule has 0 saturated carbocycles. The topological polar surface area (TPSA) is 93.4 Å². The number of amides is 2. The van der Waals surface area contributed by atoms with Gasteiger partial charge in [0.15, 0.2) is 0 Å². The molecule has 1 rings (SSSR count). The highest BCUT2D eigenvalue weighted by molar-refractivity contribution is 5.94. The number of nitriles is 1. The summed E-state index contributed by atoms with van der Waals surface area (Å²) >= 11 is 0. The lowest BCUT2D eigenvalue weighted by molar-refractivity contribution is -0.140. The molecule has 6 heteroatoms. The van der Waals surface area contributed by atoms with Crippen LogP contribution in [-0.2, 0) is 4.79 Å². The third-order valence-electron chi connectivity index (χ3n) is 2.88. The van der Waals surface area contributed by atoms with Gasteiger partial charge in [-0.2, -0.15) is 5.26 Å².